The van der Waals surface area contributed by atoms with E-state index >= 15 is 0 Å². The van der Waals surface area contributed by atoms with Crippen LogP contribution in [0.1, 0.15) is 0 Å². The van der Waals surface area contributed by atoms with Gasteiger partial charge in [0.1, 0.15) is 0 Å². The van der Waals surface area contributed by atoms with Gasteiger partial charge in [0.15, 0.2) is 0 Å². The Balaban J connectivity index is -0.0000000800. The molecule has 0 spiro atoms. The predicted molar refractivity (Wildman–Crippen MR) is 20.0 cm³/mol. The molecular formula is CH5FO3SY. The van der Waals surface area contributed by atoms with Gasteiger partial charge in [0.2, 0.25) is 0 Å². The molecule has 7 heavy (non-hydrogen) atoms. The van der Waals surface area contributed by atoms with Crippen molar-refractivity contribution in [1.29, 1.82) is 0 Å². The molecule has 0 aliphatic carbocycles. The van der Waals surface area contributed by atoms with E-state index in [4.69, 9.17) is 4.55 Å². The molecule has 43 valence electrons. The van der Waals surface area contributed by atoms with Crippen molar-refractivity contribution in [3.8, 4) is 0 Å². The van der Waals surface area contributed by atoms with Crippen LogP contribution >= 0.6 is 0 Å². The van der Waals surface area contributed by atoms with Crippen LogP contribution in [-0.4, -0.2) is 19.2 Å². The first-order valence-corrected chi connectivity index (χ1v) is 2.77. The average Bonchev–Trinajstić information content (AvgIpc) is 0.722. The molecule has 0 unspecified atom stereocenters. The first-order chi connectivity index (χ1) is 2.00. The van der Waals surface area contributed by atoms with Gasteiger partial charge in [-0.3, -0.25) is 9.26 Å². The van der Waals surface area contributed by atoms with E-state index in [1.54, 1.807) is 0 Å². The van der Waals surface area contributed by atoms with Crippen LogP contribution in [0.2, 0.25) is 0 Å². The van der Waals surface area contributed by atoms with Crippen molar-refractivity contribution in [1.82, 2.24) is 0 Å². The van der Waals surface area contributed by atoms with Crippen molar-refractivity contribution in [2.75, 3.05) is 6.26 Å². The standard InChI is InChI=1S/CH4O3S.FH.Y/c1-5(2,3)4;;/h1H3,(H,2,3,4);1H;. The van der Waals surface area contributed by atoms with Gasteiger partial charge in [0.25, 0.3) is 10.1 Å². The molecule has 0 amide bonds. The Morgan fingerprint density at radius 1 is 1.43 bits per heavy atom. The summed E-state index contributed by atoms with van der Waals surface area (Å²) in [4.78, 5) is 0. The molecule has 0 aromatic carbocycles. The van der Waals surface area contributed by atoms with E-state index in [-0.39, 0.29) is 37.4 Å². The molecule has 0 aliphatic heterocycles. The summed E-state index contributed by atoms with van der Waals surface area (Å²) >= 11 is 0. The summed E-state index contributed by atoms with van der Waals surface area (Å²) < 4.78 is 25.9. The molecule has 0 aromatic rings. The van der Waals surface area contributed by atoms with Crippen molar-refractivity contribution in [3.05, 3.63) is 0 Å². The zero-order valence-corrected chi connectivity index (χ0v) is 7.31. The quantitative estimate of drug-likeness (QED) is 0.550. The number of halogens is 1. The Hall–Kier alpha value is 0.944. The minimum Gasteiger partial charge on any atom is -0.286 e. The van der Waals surface area contributed by atoms with Gasteiger partial charge in [-0.1, -0.05) is 0 Å². The second kappa shape index (κ2) is 5.09. The van der Waals surface area contributed by atoms with Gasteiger partial charge in [-0.05, 0) is 0 Å². The van der Waals surface area contributed by atoms with Crippen molar-refractivity contribution in [2.24, 2.45) is 0 Å². The summed E-state index contributed by atoms with van der Waals surface area (Å²) in [5.74, 6) is 0. The third-order valence-corrected chi connectivity index (χ3v) is 0. The molecule has 0 saturated heterocycles. The summed E-state index contributed by atoms with van der Waals surface area (Å²) in [5.41, 5.74) is 0. The van der Waals surface area contributed by atoms with Crippen LogP contribution in [0, 0.1) is 0 Å². The van der Waals surface area contributed by atoms with Crippen LogP contribution < -0.4 is 0 Å². The Morgan fingerprint density at radius 2 is 1.43 bits per heavy atom. The predicted octanol–water partition coefficient (Wildman–Crippen LogP) is -0.346. The van der Waals surface area contributed by atoms with Gasteiger partial charge in [-0.25, -0.2) is 0 Å². The third kappa shape index (κ3) is 190. The fourth-order valence-electron chi connectivity index (χ4n) is 0. The normalized spacial score (nSPS) is 8.29. The fraction of sp³-hybridized carbons (Fsp3) is 1.00. The SMILES string of the molecule is CS(=O)(=O)O.F.[Y]. The van der Waals surface area contributed by atoms with E-state index in [0.717, 1.165) is 0 Å². The minimum atomic E-state index is -3.67. The maximum Gasteiger partial charge on any atom is 0.261 e. The van der Waals surface area contributed by atoms with E-state index < -0.39 is 10.1 Å². The van der Waals surface area contributed by atoms with Gasteiger partial charge >= 0.3 is 0 Å². The van der Waals surface area contributed by atoms with E-state index in [1.165, 1.54) is 0 Å². The average molecular weight is 205 g/mol. The van der Waals surface area contributed by atoms with E-state index in [9.17, 15) is 8.42 Å². The monoisotopic (exact) mass is 205 g/mol. The number of rotatable bonds is 0. The molecule has 6 heteroatoms. The molecule has 0 bridgehead atoms. The van der Waals surface area contributed by atoms with Crippen LogP contribution in [0.3, 0.4) is 0 Å². The fourth-order valence-corrected chi connectivity index (χ4v) is 0. The minimum absolute atomic E-state index is 0. The first-order valence-electron chi connectivity index (χ1n) is 0.924. The molecule has 0 atom stereocenters. The maximum absolute atomic E-state index is 9.19. The molecule has 1 N–H and O–H groups in total. The van der Waals surface area contributed by atoms with E-state index in [1.807, 2.05) is 0 Å². The zero-order valence-electron chi connectivity index (χ0n) is 3.66. The molecule has 0 rings (SSSR count). The van der Waals surface area contributed by atoms with Gasteiger partial charge in [0, 0.05) is 32.7 Å². The summed E-state index contributed by atoms with van der Waals surface area (Å²) in [6.07, 6.45) is 0.715. The van der Waals surface area contributed by atoms with Crippen molar-refractivity contribution in [2.45, 2.75) is 0 Å². The Morgan fingerprint density at radius 3 is 1.43 bits per heavy atom. The third-order valence-electron chi connectivity index (χ3n) is 0. The summed E-state index contributed by atoms with van der Waals surface area (Å²) in [6, 6.07) is 0. The van der Waals surface area contributed by atoms with Crippen LogP contribution in [0.4, 0.5) is 4.70 Å². The van der Waals surface area contributed by atoms with Crippen LogP contribution in [0.5, 0.6) is 0 Å². The van der Waals surface area contributed by atoms with E-state index in [0.29, 0.717) is 6.26 Å². The largest absolute Gasteiger partial charge is 0.286 e. The smallest absolute Gasteiger partial charge is 0.261 e. The molecule has 1 radical (unpaired) electrons. The maximum atomic E-state index is 9.19. The van der Waals surface area contributed by atoms with Gasteiger partial charge in [-0.15, -0.1) is 0 Å². The van der Waals surface area contributed by atoms with Gasteiger partial charge in [-0.2, -0.15) is 8.42 Å². The summed E-state index contributed by atoms with van der Waals surface area (Å²) in [6.45, 7) is 0. The Bertz CT molecular complexity index is 98.1. The summed E-state index contributed by atoms with van der Waals surface area (Å²) in [7, 11) is -3.67. The Labute approximate surface area is 66.5 Å². The van der Waals surface area contributed by atoms with Gasteiger partial charge < -0.3 is 0 Å². The second-order valence-electron chi connectivity index (χ2n) is 0.733. The number of hydrogen-bond acceptors (Lipinski definition) is 2. The molecule has 0 fully saturated rings. The molecule has 0 aromatic heterocycles. The molecule has 0 heterocycles. The van der Waals surface area contributed by atoms with Crippen molar-refractivity contribution < 1.29 is 50.4 Å². The summed E-state index contributed by atoms with van der Waals surface area (Å²) in [5, 5.41) is 0. The molecule has 0 aliphatic rings. The zero-order chi connectivity index (χ0) is 4.50. The van der Waals surface area contributed by atoms with E-state index in [2.05, 4.69) is 0 Å². The molecular weight excluding hydrogens is 200 g/mol. The molecule has 0 saturated carbocycles. The second-order valence-corrected chi connectivity index (χ2v) is 2.20. The van der Waals surface area contributed by atoms with Gasteiger partial charge in [0.05, 0.1) is 6.26 Å². The Kier molecular flexibility index (Phi) is 11.4. The van der Waals surface area contributed by atoms with Crippen molar-refractivity contribution >= 4 is 10.1 Å². The number of hydrogen-bond donors (Lipinski definition) is 1. The van der Waals surface area contributed by atoms with Crippen LogP contribution in [0.15, 0.2) is 0 Å². The molecule has 3 nitrogen and oxygen atoms in total. The van der Waals surface area contributed by atoms with Crippen LogP contribution in [-0.2, 0) is 42.8 Å². The van der Waals surface area contributed by atoms with Crippen molar-refractivity contribution in [3.63, 3.8) is 0 Å². The van der Waals surface area contributed by atoms with Crippen LogP contribution in [0.25, 0.3) is 0 Å². The first kappa shape index (κ1) is 15.7. The topological polar surface area (TPSA) is 54.4 Å².